The van der Waals surface area contributed by atoms with Crippen molar-refractivity contribution in [3.05, 3.63) is 152 Å². The van der Waals surface area contributed by atoms with Crippen molar-refractivity contribution in [3.8, 4) is 0 Å². The molecule has 0 bridgehead atoms. The number of thiocarbonyl (C=S) groups is 6. The molecule has 0 unspecified atom stereocenters. The van der Waals surface area contributed by atoms with Crippen LogP contribution in [0, 0.1) is 0 Å². The molecular formula is C42H60MoN6S12. The van der Waals surface area contributed by atoms with E-state index in [4.69, 9.17) is 149 Å². The Morgan fingerprint density at radius 3 is 0.344 bits per heavy atom. The molecular weight excluding hydrogens is 1070 g/mol. The molecule has 0 rings (SSSR count). The van der Waals surface area contributed by atoms with Crippen LogP contribution in [-0.2, 0) is 96.8 Å². The number of rotatable bonds is 24. The van der Waals surface area contributed by atoms with Gasteiger partial charge in [-0.15, -0.1) is 78.9 Å². The predicted molar refractivity (Wildman–Crippen MR) is 312 cm³/mol. The third-order valence-electron chi connectivity index (χ3n) is 5.74. The van der Waals surface area contributed by atoms with E-state index >= 15 is 0 Å². The summed E-state index contributed by atoms with van der Waals surface area (Å²) >= 11 is 57.5. The standard InChI is InChI=1S/6C7H11NS2.Mo/c6*1-3-5-8(6-4-2)7(9)10;/h6*3-4H,1-2,5-6H2,(H,9,10);/q;;;;;;+6/p-6. The summed E-state index contributed by atoms with van der Waals surface area (Å²) in [5.41, 5.74) is 0. The Morgan fingerprint density at radius 2 is 0.311 bits per heavy atom. The van der Waals surface area contributed by atoms with Crippen molar-refractivity contribution >= 4 is 175 Å². The van der Waals surface area contributed by atoms with E-state index < -0.39 is 0 Å². The molecule has 0 N–H and O–H groups in total. The van der Waals surface area contributed by atoms with Gasteiger partial charge in [-0.1, -0.05) is 98.8 Å². The van der Waals surface area contributed by atoms with Gasteiger partial charge in [-0.05, 0) is 0 Å². The zero-order chi connectivity index (χ0) is 47.9. The van der Waals surface area contributed by atoms with E-state index in [0.29, 0.717) is 104 Å². The molecule has 0 aliphatic rings. The average Bonchev–Trinajstić information content (AvgIpc) is 3.18. The minimum Gasteiger partial charge on any atom is -0.411 e. The maximum atomic E-state index is 4.79. The quantitative estimate of drug-likeness (QED) is 0.0397. The summed E-state index contributed by atoms with van der Waals surface area (Å²) in [5, 5.41) is 0. The SMILES string of the molecule is C=CCN(CC=C)C(=S)[S-].C=CCN(CC=C)C(=S)[S-].C=CCN(CC=C)C(=S)[S-].C=CCN(CC=C)C(=S)[S-].C=CCN(CC=C)C(=S)[S-].C=CCN(CC=C)C(=S)[S-].[Mo+6]. The summed E-state index contributed by atoms with van der Waals surface area (Å²) in [7, 11) is 0. The van der Waals surface area contributed by atoms with Crippen molar-refractivity contribution in [1.29, 1.82) is 0 Å². The first kappa shape index (κ1) is 73.6. The van der Waals surface area contributed by atoms with E-state index in [1.165, 1.54) is 0 Å². The van der Waals surface area contributed by atoms with Crippen LogP contribution >= 0.6 is 73.3 Å². The molecule has 0 saturated heterocycles. The van der Waals surface area contributed by atoms with Crippen LogP contribution in [0.5, 0.6) is 0 Å². The summed E-state index contributed by atoms with van der Waals surface area (Å²) < 4.78 is 2.83. The van der Waals surface area contributed by atoms with Crippen molar-refractivity contribution in [3.63, 3.8) is 0 Å². The summed E-state index contributed by atoms with van der Waals surface area (Å²) in [6, 6.07) is 0. The molecule has 19 heteroatoms. The minimum absolute atomic E-state index is 0. The maximum absolute atomic E-state index is 4.79. The molecule has 0 aliphatic heterocycles. The average molecular weight is 1130 g/mol. The van der Waals surface area contributed by atoms with Gasteiger partial charge in [0.1, 0.15) is 0 Å². The molecule has 0 atom stereocenters. The van der Waals surface area contributed by atoms with Crippen LogP contribution in [0.3, 0.4) is 0 Å². The van der Waals surface area contributed by atoms with Gasteiger partial charge in [0.25, 0.3) is 0 Å². The van der Waals surface area contributed by atoms with E-state index in [2.05, 4.69) is 78.9 Å². The molecule has 0 radical (unpaired) electrons. The Hall–Kier alpha value is -1.77. The van der Waals surface area contributed by atoms with Crippen LogP contribution < -0.4 is 0 Å². The Bertz CT molecular complexity index is 1070. The summed E-state index contributed by atoms with van der Waals surface area (Å²) in [6.45, 7) is 51.4. The molecule has 0 aromatic rings. The Labute approximate surface area is 450 Å². The van der Waals surface area contributed by atoms with Gasteiger partial charge in [0.15, 0.2) is 0 Å². The second-order valence-corrected chi connectivity index (χ2v) is 16.7. The minimum atomic E-state index is 0. The largest absolute Gasteiger partial charge is 6.00 e. The van der Waals surface area contributed by atoms with Gasteiger partial charge in [0, 0.05) is 78.5 Å². The number of nitrogens with zero attached hydrogens (tertiary/aromatic N) is 6. The third kappa shape index (κ3) is 54.3. The van der Waals surface area contributed by atoms with Crippen LogP contribution in [0.25, 0.3) is 0 Å². The van der Waals surface area contributed by atoms with Crippen molar-refractivity contribution < 1.29 is 21.1 Å². The fraction of sp³-hybridized carbons (Fsp3) is 0.286. The van der Waals surface area contributed by atoms with E-state index in [1.54, 1.807) is 72.9 Å². The Kier molecular flexibility index (Phi) is 67.9. The zero-order valence-corrected chi connectivity index (χ0v) is 46.7. The predicted octanol–water partition coefficient (Wildman–Crippen LogP) is 8.95. The van der Waals surface area contributed by atoms with E-state index in [1.807, 2.05) is 29.4 Å². The van der Waals surface area contributed by atoms with Gasteiger partial charge >= 0.3 is 21.1 Å². The van der Waals surface area contributed by atoms with Crippen LogP contribution in [0.1, 0.15) is 0 Å². The molecule has 0 fully saturated rings. The van der Waals surface area contributed by atoms with E-state index in [9.17, 15) is 0 Å². The number of hydrogen-bond donors (Lipinski definition) is 0. The van der Waals surface area contributed by atoms with Gasteiger partial charge in [-0.2, -0.15) is 0 Å². The van der Waals surface area contributed by atoms with Gasteiger partial charge in [-0.3, -0.25) is 0 Å². The molecule has 0 saturated carbocycles. The molecule has 6 nitrogen and oxygen atoms in total. The fourth-order valence-corrected chi connectivity index (χ4v) is 5.00. The van der Waals surface area contributed by atoms with Crippen LogP contribution in [-0.4, -0.2) is 134 Å². The number of hydrogen-bond acceptors (Lipinski definition) is 12. The summed E-state index contributed by atoms with van der Waals surface area (Å²) in [6.07, 6.45) is 21.2. The molecule has 0 spiro atoms. The monoisotopic (exact) mass is 1130 g/mol. The second-order valence-electron chi connectivity index (χ2n) is 10.5. The third-order valence-corrected chi connectivity index (χ3v) is 8.84. The molecule has 0 aromatic carbocycles. The Morgan fingerprint density at radius 1 is 0.246 bits per heavy atom. The topological polar surface area (TPSA) is 19.4 Å². The van der Waals surface area contributed by atoms with Gasteiger partial charge in [-0.25, -0.2) is 0 Å². The summed E-state index contributed by atoms with van der Waals surface area (Å²) in [4.78, 5) is 11.0. The first-order valence-corrected chi connectivity index (χ1v) is 22.3. The summed E-state index contributed by atoms with van der Waals surface area (Å²) in [5.74, 6) is 0. The maximum Gasteiger partial charge on any atom is 6.00 e. The molecule has 0 aliphatic carbocycles. The van der Waals surface area contributed by atoms with Gasteiger partial charge in [0.05, 0.1) is 0 Å². The second kappa shape index (κ2) is 56.2. The fourth-order valence-electron chi connectivity index (χ4n) is 3.21. The van der Waals surface area contributed by atoms with Crippen molar-refractivity contribution in [2.24, 2.45) is 0 Å². The molecule has 0 heterocycles. The smallest absolute Gasteiger partial charge is 0.411 e. The van der Waals surface area contributed by atoms with Crippen molar-refractivity contribution in [2.45, 2.75) is 0 Å². The molecule has 0 amide bonds. The molecule has 336 valence electrons. The normalized spacial score (nSPS) is 8.26. The van der Waals surface area contributed by atoms with E-state index in [-0.39, 0.29) is 21.1 Å². The van der Waals surface area contributed by atoms with Crippen LogP contribution in [0.4, 0.5) is 0 Å². The molecule has 61 heavy (non-hydrogen) atoms. The van der Waals surface area contributed by atoms with Gasteiger partial charge in [0.2, 0.25) is 0 Å². The zero-order valence-electron chi connectivity index (χ0n) is 34.9. The first-order valence-electron chi connectivity index (χ1n) is 17.4. The van der Waals surface area contributed by atoms with Crippen LogP contribution in [0.15, 0.2) is 152 Å². The van der Waals surface area contributed by atoms with Crippen LogP contribution in [0.2, 0.25) is 0 Å². The molecule has 0 aromatic heterocycles. The van der Waals surface area contributed by atoms with Gasteiger partial charge < -0.3 is 178 Å². The van der Waals surface area contributed by atoms with Crippen molar-refractivity contribution in [2.75, 3.05) is 78.5 Å². The Balaban J connectivity index is -0.000000114. The first-order chi connectivity index (χ1) is 28.3. The van der Waals surface area contributed by atoms with E-state index in [0.717, 1.165) is 0 Å². The van der Waals surface area contributed by atoms with Crippen molar-refractivity contribution in [1.82, 2.24) is 29.4 Å².